The number of imide groups is 1. The van der Waals surface area contributed by atoms with E-state index in [-0.39, 0.29) is 36.0 Å². The lowest BCUT2D eigenvalue weighted by atomic mass is 10.3. The van der Waals surface area contributed by atoms with Crippen LogP contribution in [-0.4, -0.2) is 46.0 Å². The number of nitrogens with zero attached hydrogens (tertiary/aromatic N) is 2. The molecule has 0 aliphatic carbocycles. The van der Waals surface area contributed by atoms with Gasteiger partial charge in [0.1, 0.15) is 5.37 Å². The molecular weight excluding hydrogens is 324 g/mol. The van der Waals surface area contributed by atoms with Gasteiger partial charge in [-0.15, -0.1) is 0 Å². The normalized spacial score (nSPS) is 20.9. The summed E-state index contributed by atoms with van der Waals surface area (Å²) >= 11 is 0. The van der Waals surface area contributed by atoms with Crippen LogP contribution >= 0.6 is 21.6 Å². The Labute approximate surface area is 137 Å². The third-order valence-corrected chi connectivity index (χ3v) is 5.81. The number of rotatable bonds is 7. The fraction of sp³-hybridized carbons (Fsp3) is 0.500. The molecule has 0 radical (unpaired) electrons. The summed E-state index contributed by atoms with van der Waals surface area (Å²) in [4.78, 5) is 34.7. The minimum atomic E-state index is -0.207. The molecule has 120 valence electrons. The first kappa shape index (κ1) is 17.0. The highest BCUT2D eigenvalue weighted by Gasteiger charge is 2.36. The van der Waals surface area contributed by atoms with Crippen molar-refractivity contribution in [2.45, 2.75) is 31.1 Å². The zero-order chi connectivity index (χ0) is 15.9. The van der Waals surface area contributed by atoms with Crippen LogP contribution < -0.4 is 0 Å². The Morgan fingerprint density at radius 3 is 2.73 bits per heavy atom. The summed E-state index contributed by atoms with van der Waals surface area (Å²) in [6.07, 6.45) is 9.07. The molecule has 8 heteroatoms. The lowest BCUT2D eigenvalue weighted by molar-refractivity contribution is -0.153. The molecule has 1 fully saturated rings. The zero-order valence-corrected chi connectivity index (χ0v) is 13.9. The second kappa shape index (κ2) is 8.28. The average molecular weight is 342 g/mol. The quantitative estimate of drug-likeness (QED) is 0.304. The molecule has 2 aliphatic rings. The van der Waals surface area contributed by atoms with Crippen molar-refractivity contribution < 1.29 is 19.1 Å². The van der Waals surface area contributed by atoms with Crippen molar-refractivity contribution in [1.29, 1.82) is 0 Å². The summed E-state index contributed by atoms with van der Waals surface area (Å²) in [6, 6.07) is 0. The molecule has 0 saturated carbocycles. The first-order valence-corrected chi connectivity index (χ1v) is 9.36. The van der Waals surface area contributed by atoms with Crippen LogP contribution in [0, 0.1) is 0 Å². The molecule has 0 bridgehead atoms. The van der Waals surface area contributed by atoms with Crippen LogP contribution in [-0.2, 0) is 19.1 Å². The number of amides is 2. The highest BCUT2D eigenvalue weighted by molar-refractivity contribution is 8.77. The number of carbonyl (C=O) groups is 3. The van der Waals surface area contributed by atoms with Crippen LogP contribution in [0.3, 0.4) is 0 Å². The van der Waals surface area contributed by atoms with Crippen molar-refractivity contribution in [2.75, 3.05) is 12.9 Å². The maximum atomic E-state index is 11.9. The van der Waals surface area contributed by atoms with Gasteiger partial charge in [-0.25, -0.2) is 0 Å². The molecule has 0 N–H and O–H groups in total. The monoisotopic (exact) mass is 342 g/mol. The Hall–Kier alpha value is -1.41. The van der Waals surface area contributed by atoms with E-state index in [2.05, 4.69) is 4.74 Å². The number of hydrogen-bond donors (Lipinski definition) is 0. The minimum Gasteiger partial charge on any atom is -0.469 e. The van der Waals surface area contributed by atoms with Crippen LogP contribution in [0.4, 0.5) is 0 Å². The summed E-state index contributed by atoms with van der Waals surface area (Å²) < 4.78 is 4.59. The number of hydrazine groups is 1. The smallest absolute Gasteiger partial charge is 0.305 e. The summed E-state index contributed by atoms with van der Waals surface area (Å²) in [5.74, 6) is 0.266. The van der Waals surface area contributed by atoms with E-state index in [0.29, 0.717) is 6.42 Å². The molecule has 2 amide bonds. The predicted molar refractivity (Wildman–Crippen MR) is 86.3 cm³/mol. The highest BCUT2D eigenvalue weighted by Crippen LogP contribution is 2.34. The van der Waals surface area contributed by atoms with Gasteiger partial charge in [-0.05, 0) is 18.6 Å². The lowest BCUT2D eigenvalue weighted by Gasteiger charge is -2.35. The summed E-state index contributed by atoms with van der Waals surface area (Å²) in [5.41, 5.74) is 0. The van der Waals surface area contributed by atoms with Gasteiger partial charge in [0, 0.05) is 31.2 Å². The molecule has 2 aliphatic heterocycles. The number of esters is 1. The van der Waals surface area contributed by atoms with Gasteiger partial charge >= 0.3 is 5.97 Å². The maximum absolute atomic E-state index is 11.9. The van der Waals surface area contributed by atoms with Gasteiger partial charge in [0.15, 0.2) is 0 Å². The van der Waals surface area contributed by atoms with Gasteiger partial charge in [-0.1, -0.05) is 27.7 Å². The summed E-state index contributed by atoms with van der Waals surface area (Å²) in [5, 5.41) is 2.79. The van der Waals surface area contributed by atoms with Crippen molar-refractivity contribution in [1.82, 2.24) is 10.0 Å². The molecule has 1 unspecified atom stereocenters. The Kier molecular flexibility index (Phi) is 6.38. The van der Waals surface area contributed by atoms with E-state index in [1.54, 1.807) is 38.9 Å². The molecule has 0 aromatic rings. The summed E-state index contributed by atoms with van der Waals surface area (Å²) in [7, 11) is 4.55. The first-order chi connectivity index (χ1) is 10.6. The summed E-state index contributed by atoms with van der Waals surface area (Å²) in [6.45, 7) is 0. The van der Waals surface area contributed by atoms with Gasteiger partial charge < -0.3 is 4.74 Å². The van der Waals surface area contributed by atoms with Crippen LogP contribution in [0.2, 0.25) is 0 Å². The van der Waals surface area contributed by atoms with E-state index in [1.165, 1.54) is 12.1 Å². The van der Waals surface area contributed by atoms with Crippen molar-refractivity contribution in [2.24, 2.45) is 0 Å². The fourth-order valence-electron chi connectivity index (χ4n) is 2.04. The molecule has 6 nitrogen and oxygen atoms in total. The Morgan fingerprint density at radius 2 is 2.05 bits per heavy atom. The third-order valence-electron chi connectivity index (χ3n) is 3.15. The molecule has 2 heterocycles. The van der Waals surface area contributed by atoms with Crippen molar-refractivity contribution >= 4 is 39.4 Å². The number of ether oxygens (including phenoxy) is 1. The van der Waals surface area contributed by atoms with Gasteiger partial charge in [-0.2, -0.15) is 5.01 Å². The fourth-order valence-corrected chi connectivity index (χ4v) is 4.47. The molecule has 1 saturated heterocycles. The minimum absolute atomic E-state index is 0.112. The topological polar surface area (TPSA) is 66.9 Å². The van der Waals surface area contributed by atoms with Gasteiger partial charge in [0.2, 0.25) is 11.8 Å². The molecule has 0 spiro atoms. The van der Waals surface area contributed by atoms with E-state index in [4.69, 9.17) is 0 Å². The number of allylic oxidation sites excluding steroid dienone is 2. The number of methoxy groups -OCH3 is 1. The second-order valence-electron chi connectivity index (χ2n) is 4.69. The van der Waals surface area contributed by atoms with Crippen molar-refractivity contribution in [3.05, 3.63) is 24.4 Å². The van der Waals surface area contributed by atoms with E-state index in [9.17, 15) is 14.4 Å². The second-order valence-corrected chi connectivity index (χ2v) is 7.30. The van der Waals surface area contributed by atoms with Crippen molar-refractivity contribution in [3.63, 3.8) is 0 Å². The Morgan fingerprint density at radius 1 is 1.32 bits per heavy atom. The van der Waals surface area contributed by atoms with Gasteiger partial charge in [-0.3, -0.25) is 19.4 Å². The molecule has 0 aromatic carbocycles. The number of carbonyl (C=O) groups excluding carboxylic acids is 3. The van der Waals surface area contributed by atoms with Crippen molar-refractivity contribution in [3.8, 4) is 0 Å². The zero-order valence-electron chi connectivity index (χ0n) is 12.3. The molecule has 0 aromatic heterocycles. The van der Waals surface area contributed by atoms with Crippen LogP contribution in [0.25, 0.3) is 0 Å². The van der Waals surface area contributed by atoms with E-state index < -0.39 is 0 Å². The first-order valence-electron chi connectivity index (χ1n) is 6.97. The van der Waals surface area contributed by atoms with Gasteiger partial charge in [0.25, 0.3) is 0 Å². The largest absolute Gasteiger partial charge is 0.469 e. The van der Waals surface area contributed by atoms with Crippen LogP contribution in [0.5, 0.6) is 0 Å². The Balaban J connectivity index is 1.82. The van der Waals surface area contributed by atoms with E-state index in [0.717, 1.165) is 12.2 Å². The molecule has 2 rings (SSSR count). The number of hydrogen-bond acceptors (Lipinski definition) is 7. The highest BCUT2D eigenvalue weighted by atomic mass is 33.1. The average Bonchev–Trinajstić information content (AvgIpc) is 2.86. The van der Waals surface area contributed by atoms with Crippen LogP contribution in [0.15, 0.2) is 24.4 Å². The van der Waals surface area contributed by atoms with Gasteiger partial charge in [0.05, 0.1) is 7.11 Å². The van der Waals surface area contributed by atoms with E-state index >= 15 is 0 Å². The van der Waals surface area contributed by atoms with E-state index in [1.807, 2.05) is 12.2 Å². The van der Waals surface area contributed by atoms with Crippen LogP contribution in [0.1, 0.15) is 25.7 Å². The molecule has 22 heavy (non-hydrogen) atoms. The lowest BCUT2D eigenvalue weighted by Crippen LogP contribution is -2.47. The maximum Gasteiger partial charge on any atom is 0.305 e. The SMILES string of the molecule is COC(=O)CCCSSC1C=CC=CN1N1C(=O)CCC1=O. The standard InChI is InChI=1S/C14H18N2O4S2/c1-20-14(19)6-4-10-21-22-13-5-2-3-9-15(13)16-11(17)7-8-12(16)18/h2-3,5,9,13H,4,6-8,10H2,1H3. The predicted octanol–water partition coefficient (Wildman–Crippen LogP) is 2.10. The third kappa shape index (κ3) is 4.30. The Bertz CT molecular complexity index is 491. The molecule has 1 atom stereocenters. The molecular formula is C14H18N2O4S2.